The van der Waals surface area contributed by atoms with E-state index < -0.39 is 45.5 Å². The quantitative estimate of drug-likeness (QED) is 0.632. The number of hydrogen-bond donors (Lipinski definition) is 1. The van der Waals surface area contributed by atoms with E-state index in [1.54, 1.807) is 30.3 Å². The van der Waals surface area contributed by atoms with E-state index in [4.69, 9.17) is 4.74 Å². The molecule has 2 aromatic rings. The number of carbonyl (C=O) groups is 1. The maximum Gasteiger partial charge on any atom is 0.432 e. The number of methoxy groups -OCH3 is 1. The van der Waals surface area contributed by atoms with Crippen molar-refractivity contribution >= 4 is 16.0 Å². The zero-order valence-corrected chi connectivity index (χ0v) is 17.4. The van der Waals surface area contributed by atoms with Crippen molar-refractivity contribution in [2.75, 3.05) is 20.0 Å². The van der Waals surface area contributed by atoms with Crippen molar-refractivity contribution in [1.82, 2.24) is 4.72 Å². The number of sulfonamides is 1. The van der Waals surface area contributed by atoms with Crippen molar-refractivity contribution in [3.63, 3.8) is 0 Å². The van der Waals surface area contributed by atoms with Crippen molar-refractivity contribution in [1.29, 1.82) is 0 Å². The summed E-state index contributed by atoms with van der Waals surface area (Å²) in [7, 11) is -3.04. The minimum absolute atomic E-state index is 0.401. The van der Waals surface area contributed by atoms with Gasteiger partial charge in [-0.15, -0.1) is 0 Å². The molecule has 0 fully saturated rings. The van der Waals surface area contributed by atoms with E-state index in [0.29, 0.717) is 5.56 Å². The average Bonchev–Trinajstić information content (AvgIpc) is 2.66. The smallest absolute Gasteiger partial charge is 0.432 e. The Morgan fingerprint density at radius 1 is 0.967 bits per heavy atom. The first-order valence-electron chi connectivity index (χ1n) is 8.75. The van der Waals surface area contributed by atoms with E-state index in [0.717, 1.165) is 25.5 Å². The molecule has 0 spiro atoms. The maximum absolute atomic E-state index is 14.0. The molecule has 0 saturated carbocycles. The predicted octanol–water partition coefficient (Wildman–Crippen LogP) is 3.10. The molecule has 10 heteroatoms. The third kappa shape index (κ3) is 5.00. The molecule has 6 nitrogen and oxygen atoms in total. The Morgan fingerprint density at radius 3 is 1.83 bits per heavy atom. The van der Waals surface area contributed by atoms with Crippen LogP contribution in [0.1, 0.15) is 18.1 Å². The van der Waals surface area contributed by atoms with Crippen LogP contribution in [-0.2, 0) is 35.4 Å². The van der Waals surface area contributed by atoms with E-state index in [-0.39, 0.29) is 0 Å². The topological polar surface area (TPSA) is 81.7 Å². The summed E-state index contributed by atoms with van der Waals surface area (Å²) < 4.78 is 77.7. The summed E-state index contributed by atoms with van der Waals surface area (Å²) in [6.07, 6.45) is -4.23. The minimum Gasteiger partial charge on any atom is -0.461 e. The monoisotopic (exact) mass is 445 g/mol. The number of alkyl halides is 3. The van der Waals surface area contributed by atoms with Crippen molar-refractivity contribution < 1.29 is 35.9 Å². The summed E-state index contributed by atoms with van der Waals surface area (Å²) in [4.78, 5) is 12.7. The Balaban J connectivity index is 2.43. The van der Waals surface area contributed by atoms with Gasteiger partial charge in [-0.3, -0.25) is 0 Å². The summed E-state index contributed by atoms with van der Waals surface area (Å²) in [6, 6.07) is 14.4. The number of nitrogens with one attached hydrogen (secondary N) is 1. The number of benzene rings is 2. The van der Waals surface area contributed by atoms with Gasteiger partial charge in [0.15, 0.2) is 0 Å². The SMILES string of the molecule is CO[C@](C(=O)OCC(C)(NS(C)(=O)=O)c1ccccc1)(c1ccccc1)C(F)(F)F. The molecule has 0 bridgehead atoms. The van der Waals surface area contributed by atoms with Crippen molar-refractivity contribution in [3.05, 3.63) is 71.8 Å². The Hall–Kier alpha value is -2.43. The zero-order chi connectivity index (χ0) is 22.6. The largest absolute Gasteiger partial charge is 0.461 e. The number of ether oxygens (including phenoxy) is 2. The fourth-order valence-electron chi connectivity index (χ4n) is 3.09. The molecule has 0 aromatic heterocycles. The Morgan fingerprint density at radius 2 is 1.43 bits per heavy atom. The Bertz CT molecular complexity index is 967. The molecule has 0 aliphatic rings. The number of esters is 1. The molecule has 1 N–H and O–H groups in total. The van der Waals surface area contributed by atoms with Gasteiger partial charge in [-0.05, 0) is 12.5 Å². The van der Waals surface area contributed by atoms with Crippen LogP contribution in [0.25, 0.3) is 0 Å². The van der Waals surface area contributed by atoms with Gasteiger partial charge in [0, 0.05) is 12.7 Å². The third-order valence-electron chi connectivity index (χ3n) is 4.49. The molecular weight excluding hydrogens is 423 g/mol. The van der Waals surface area contributed by atoms with Gasteiger partial charge in [0.05, 0.1) is 11.8 Å². The fourth-order valence-corrected chi connectivity index (χ4v) is 4.08. The lowest BCUT2D eigenvalue weighted by atomic mass is 9.92. The highest BCUT2D eigenvalue weighted by atomic mass is 32.2. The van der Waals surface area contributed by atoms with Crippen LogP contribution >= 0.6 is 0 Å². The van der Waals surface area contributed by atoms with Gasteiger partial charge >= 0.3 is 12.1 Å². The number of rotatable bonds is 8. The van der Waals surface area contributed by atoms with Crippen LogP contribution in [-0.4, -0.2) is 40.5 Å². The highest BCUT2D eigenvalue weighted by Gasteiger charge is 2.64. The van der Waals surface area contributed by atoms with Crippen LogP contribution in [0.4, 0.5) is 13.2 Å². The minimum atomic E-state index is -5.13. The molecule has 30 heavy (non-hydrogen) atoms. The lowest BCUT2D eigenvalue weighted by molar-refractivity contribution is -0.277. The van der Waals surface area contributed by atoms with Crippen LogP contribution in [0.15, 0.2) is 60.7 Å². The highest BCUT2D eigenvalue weighted by Crippen LogP contribution is 2.43. The van der Waals surface area contributed by atoms with Crippen LogP contribution in [0.5, 0.6) is 0 Å². The van der Waals surface area contributed by atoms with Crippen LogP contribution < -0.4 is 4.72 Å². The van der Waals surface area contributed by atoms with Gasteiger partial charge in [0.25, 0.3) is 5.60 Å². The van der Waals surface area contributed by atoms with Gasteiger partial charge < -0.3 is 9.47 Å². The fraction of sp³-hybridized carbons (Fsp3) is 0.350. The molecule has 1 unspecified atom stereocenters. The van der Waals surface area contributed by atoms with Crippen molar-refractivity contribution in [2.24, 2.45) is 0 Å². The van der Waals surface area contributed by atoms with Gasteiger partial charge in [-0.1, -0.05) is 60.7 Å². The zero-order valence-electron chi connectivity index (χ0n) is 16.6. The summed E-state index contributed by atoms with van der Waals surface area (Å²) >= 11 is 0. The van der Waals surface area contributed by atoms with Gasteiger partial charge in [-0.25, -0.2) is 17.9 Å². The molecule has 0 heterocycles. The van der Waals surface area contributed by atoms with Crippen molar-refractivity contribution in [3.8, 4) is 0 Å². The summed E-state index contributed by atoms with van der Waals surface area (Å²) in [5.74, 6) is -1.71. The molecular formula is C20H22F3NO5S. The summed E-state index contributed by atoms with van der Waals surface area (Å²) in [5, 5.41) is 0. The molecule has 2 rings (SSSR count). The number of carbonyl (C=O) groups excluding carboxylic acids is 1. The Labute approximate surface area is 173 Å². The lowest BCUT2D eigenvalue weighted by Gasteiger charge is -2.35. The second-order valence-electron chi connectivity index (χ2n) is 6.90. The average molecular weight is 445 g/mol. The molecule has 0 aliphatic carbocycles. The molecule has 0 saturated heterocycles. The van der Waals surface area contributed by atoms with Crippen LogP contribution in [0.2, 0.25) is 0 Å². The van der Waals surface area contributed by atoms with Gasteiger partial charge in [0.2, 0.25) is 10.0 Å². The first-order valence-corrected chi connectivity index (χ1v) is 10.6. The summed E-state index contributed by atoms with van der Waals surface area (Å²) in [6.45, 7) is 0.707. The highest BCUT2D eigenvalue weighted by molar-refractivity contribution is 7.88. The summed E-state index contributed by atoms with van der Waals surface area (Å²) in [5.41, 5.74) is -4.93. The third-order valence-corrected chi connectivity index (χ3v) is 5.31. The van der Waals surface area contributed by atoms with Gasteiger partial charge in [-0.2, -0.15) is 13.2 Å². The first-order chi connectivity index (χ1) is 13.9. The van der Waals surface area contributed by atoms with Crippen molar-refractivity contribution in [2.45, 2.75) is 24.2 Å². The maximum atomic E-state index is 14.0. The second kappa shape index (κ2) is 8.75. The number of hydrogen-bond acceptors (Lipinski definition) is 5. The van der Waals surface area contributed by atoms with Crippen LogP contribution in [0.3, 0.4) is 0 Å². The van der Waals surface area contributed by atoms with Gasteiger partial charge in [0.1, 0.15) is 6.61 Å². The molecule has 2 aromatic carbocycles. The van der Waals surface area contributed by atoms with E-state index in [9.17, 15) is 26.4 Å². The normalized spacial score (nSPS) is 16.3. The molecule has 0 amide bonds. The Kier molecular flexibility index (Phi) is 6.95. The first kappa shape index (κ1) is 23.8. The van der Waals surface area contributed by atoms with Crippen LogP contribution in [0, 0.1) is 0 Å². The van der Waals surface area contributed by atoms with E-state index in [1.165, 1.54) is 25.1 Å². The van der Waals surface area contributed by atoms with E-state index >= 15 is 0 Å². The molecule has 2 atom stereocenters. The standard InChI is InChI=1S/C20H22F3NO5S/c1-18(24-30(3,26)27,15-10-6-4-7-11-15)14-29-17(25)19(28-2,20(21,22)23)16-12-8-5-9-13-16/h4-13,24H,14H2,1-3H3/t18?,19-/m0/s1. The molecule has 0 aliphatic heterocycles. The molecule has 0 radical (unpaired) electrons. The second-order valence-corrected chi connectivity index (χ2v) is 8.65. The predicted molar refractivity (Wildman–Crippen MR) is 104 cm³/mol. The molecule has 164 valence electrons. The van der Waals surface area contributed by atoms with E-state index in [1.807, 2.05) is 0 Å². The van der Waals surface area contributed by atoms with E-state index in [2.05, 4.69) is 9.46 Å². The lowest BCUT2D eigenvalue weighted by Crippen LogP contribution is -2.54. The number of halogens is 3.